The van der Waals surface area contributed by atoms with Crippen LogP contribution in [-0.4, -0.2) is 55.9 Å². The van der Waals surface area contributed by atoms with E-state index >= 15 is 0 Å². The van der Waals surface area contributed by atoms with E-state index in [1.807, 2.05) is 0 Å². The average molecular weight is 235 g/mol. The van der Waals surface area contributed by atoms with Crippen LogP contribution in [0.25, 0.3) is 0 Å². The Morgan fingerprint density at radius 1 is 1.07 bits per heavy atom. The monoisotopic (exact) mass is 235 g/mol. The van der Waals surface area contributed by atoms with Crippen LogP contribution < -0.4 is 5.32 Å². The molecule has 0 amide bonds. The van der Waals surface area contributed by atoms with Crippen LogP contribution in [0, 0.1) is 0 Å². The number of hydrogen-bond acceptors (Lipinski definition) is 3. The molecule has 5 heteroatoms. The summed E-state index contributed by atoms with van der Waals surface area (Å²) in [6, 6.07) is 0. The largest absolute Gasteiger partial charge is 0.299 e. The molecule has 1 fully saturated rings. The van der Waals surface area contributed by atoms with Crippen molar-refractivity contribution in [2.75, 3.05) is 38.8 Å². The van der Waals surface area contributed by atoms with Crippen molar-refractivity contribution in [3.8, 4) is 0 Å². The second-order valence-electron chi connectivity index (χ2n) is 5.67. The molecular weight excluding hydrogens is 210 g/mol. The first kappa shape index (κ1) is 12.5. The highest BCUT2D eigenvalue weighted by Crippen LogP contribution is 2.40. The maximum absolute atomic E-state index is 3.51. The van der Waals surface area contributed by atoms with Gasteiger partial charge in [0.2, 0.25) is 0 Å². The van der Waals surface area contributed by atoms with Crippen molar-refractivity contribution in [2.24, 2.45) is 0 Å². The Kier molecular flexibility index (Phi) is 3.70. The van der Waals surface area contributed by atoms with Gasteiger partial charge in [-0.05, 0) is 18.8 Å². The highest BCUT2D eigenvalue weighted by atomic mass is 32.3. The van der Waals surface area contributed by atoms with Gasteiger partial charge in [0.05, 0.1) is 13.3 Å². The highest BCUT2D eigenvalue weighted by molar-refractivity contribution is 8.30. The molecule has 3 nitrogen and oxygen atoms in total. The topological polar surface area (TPSA) is 18.5 Å². The molecule has 0 aromatic heterocycles. The molecule has 0 spiro atoms. The fourth-order valence-corrected chi connectivity index (χ4v) is 3.66. The van der Waals surface area contributed by atoms with Gasteiger partial charge in [0.15, 0.2) is 0 Å². The number of rotatable bonds is 2. The summed E-state index contributed by atoms with van der Waals surface area (Å²) in [5, 5.41) is 3.51. The van der Waals surface area contributed by atoms with Crippen LogP contribution in [0.1, 0.15) is 0 Å². The van der Waals surface area contributed by atoms with E-state index in [9.17, 15) is 0 Å². The van der Waals surface area contributed by atoms with Gasteiger partial charge in [-0.2, -0.15) is 10.2 Å². The molecule has 1 aliphatic heterocycles. The summed E-state index contributed by atoms with van der Waals surface area (Å²) in [7, 11) is -1.70. The third kappa shape index (κ3) is 3.24. The van der Waals surface area contributed by atoms with Crippen LogP contribution in [-0.2, 0) is 0 Å². The van der Waals surface area contributed by atoms with E-state index in [1.165, 1.54) is 0 Å². The molecule has 0 atom stereocenters. The lowest BCUT2D eigenvalue weighted by Crippen LogP contribution is -2.60. The molecule has 1 saturated heterocycles. The molecule has 0 saturated carbocycles. The first-order valence-corrected chi connectivity index (χ1v) is 11.4. The van der Waals surface area contributed by atoms with Gasteiger partial charge in [-0.25, -0.2) is 4.31 Å². The molecule has 0 bridgehead atoms. The second-order valence-corrected chi connectivity index (χ2v) is 14.7. The van der Waals surface area contributed by atoms with Gasteiger partial charge >= 0.3 is 0 Å². The summed E-state index contributed by atoms with van der Waals surface area (Å²) < 4.78 is 5.20. The molecule has 1 heterocycles. The Morgan fingerprint density at radius 3 is 2.07 bits per heavy atom. The van der Waals surface area contributed by atoms with Crippen LogP contribution in [0.2, 0.25) is 19.6 Å². The maximum Gasteiger partial charge on any atom is 0.122 e. The van der Waals surface area contributed by atoms with Gasteiger partial charge in [0.25, 0.3) is 0 Å². The SMILES string of the molecule is C[Si](C)(C)N1CNCN(S(C)(C)C)C1. The van der Waals surface area contributed by atoms with Gasteiger partial charge in [-0.3, -0.25) is 9.88 Å². The molecule has 0 aromatic carbocycles. The minimum atomic E-state index is -1.13. The molecule has 0 aliphatic carbocycles. The lowest BCUT2D eigenvalue weighted by Gasteiger charge is -2.49. The molecule has 1 aliphatic rings. The molecular formula is C9H25N3SSi. The maximum atomic E-state index is 3.51. The standard InChI is InChI=1S/C9H25N3SSi/c1-13(2,3)11-7-10-8-12(9-11)14(4,5)6/h10H,7-9H2,1-6H3. The van der Waals surface area contributed by atoms with Crippen molar-refractivity contribution in [3.63, 3.8) is 0 Å². The van der Waals surface area contributed by atoms with E-state index in [2.05, 4.69) is 52.6 Å². The zero-order chi connectivity index (χ0) is 11.0. The van der Waals surface area contributed by atoms with Crippen molar-refractivity contribution in [1.82, 2.24) is 14.2 Å². The molecule has 0 unspecified atom stereocenters. The third-order valence-electron chi connectivity index (χ3n) is 2.64. The minimum Gasteiger partial charge on any atom is -0.299 e. The Morgan fingerprint density at radius 2 is 1.64 bits per heavy atom. The van der Waals surface area contributed by atoms with Crippen molar-refractivity contribution >= 4 is 18.4 Å². The quantitative estimate of drug-likeness (QED) is 0.732. The van der Waals surface area contributed by atoms with Crippen molar-refractivity contribution in [3.05, 3.63) is 0 Å². The first-order valence-electron chi connectivity index (χ1n) is 5.10. The summed E-state index contributed by atoms with van der Waals surface area (Å²) in [5.41, 5.74) is 0. The normalized spacial score (nSPS) is 23.9. The fourth-order valence-electron chi connectivity index (χ4n) is 1.42. The van der Waals surface area contributed by atoms with Crippen LogP contribution in [0.5, 0.6) is 0 Å². The summed E-state index contributed by atoms with van der Waals surface area (Å²) in [6.07, 6.45) is 7.09. The van der Waals surface area contributed by atoms with Crippen LogP contribution in [0.4, 0.5) is 0 Å². The number of nitrogens with one attached hydrogen (secondary N) is 1. The molecule has 0 aromatic rings. The molecule has 1 rings (SSSR count). The Bertz CT molecular complexity index is 177. The van der Waals surface area contributed by atoms with Crippen LogP contribution in [0.15, 0.2) is 0 Å². The van der Waals surface area contributed by atoms with Crippen molar-refractivity contribution in [1.29, 1.82) is 0 Å². The lowest BCUT2D eigenvalue weighted by molar-refractivity contribution is 0.206. The van der Waals surface area contributed by atoms with Gasteiger partial charge in [-0.15, -0.1) is 0 Å². The zero-order valence-corrected chi connectivity index (χ0v) is 12.2. The van der Waals surface area contributed by atoms with Gasteiger partial charge in [0, 0.05) is 6.67 Å². The number of hydrogen-bond donors (Lipinski definition) is 1. The fraction of sp³-hybridized carbons (Fsp3) is 1.00. The van der Waals surface area contributed by atoms with E-state index in [-0.39, 0.29) is 0 Å². The van der Waals surface area contributed by atoms with E-state index in [1.54, 1.807) is 0 Å². The Hall–Kier alpha value is 0.447. The Labute approximate surface area is 91.4 Å². The predicted molar refractivity (Wildman–Crippen MR) is 70.1 cm³/mol. The van der Waals surface area contributed by atoms with Gasteiger partial charge in [-0.1, -0.05) is 19.6 Å². The summed E-state index contributed by atoms with van der Waals surface area (Å²) in [6.45, 7) is 10.5. The van der Waals surface area contributed by atoms with E-state index in [4.69, 9.17) is 0 Å². The van der Waals surface area contributed by atoms with Gasteiger partial charge < -0.3 is 0 Å². The molecule has 1 N–H and O–H groups in total. The third-order valence-corrected chi connectivity index (χ3v) is 6.63. The summed E-state index contributed by atoms with van der Waals surface area (Å²) in [4.78, 5) is 0. The zero-order valence-electron chi connectivity index (χ0n) is 10.4. The predicted octanol–water partition coefficient (Wildman–Crippen LogP) is 1.51. The van der Waals surface area contributed by atoms with Crippen LogP contribution in [0.3, 0.4) is 0 Å². The molecule has 14 heavy (non-hydrogen) atoms. The molecule has 0 radical (unpaired) electrons. The van der Waals surface area contributed by atoms with E-state index in [0.717, 1.165) is 20.0 Å². The van der Waals surface area contributed by atoms with Crippen molar-refractivity contribution < 1.29 is 0 Å². The van der Waals surface area contributed by atoms with E-state index in [0.29, 0.717) is 0 Å². The summed E-state index contributed by atoms with van der Waals surface area (Å²) >= 11 is 0. The average Bonchev–Trinajstić information content (AvgIpc) is 2.01. The van der Waals surface area contributed by atoms with Crippen LogP contribution >= 0.6 is 10.2 Å². The highest BCUT2D eigenvalue weighted by Gasteiger charge is 2.30. The van der Waals surface area contributed by atoms with Gasteiger partial charge in [0.1, 0.15) is 8.24 Å². The van der Waals surface area contributed by atoms with Crippen molar-refractivity contribution in [2.45, 2.75) is 19.6 Å². The Balaban J connectivity index is 2.61. The smallest absolute Gasteiger partial charge is 0.122 e. The summed E-state index contributed by atoms with van der Waals surface area (Å²) in [5.74, 6) is 0. The van der Waals surface area contributed by atoms with E-state index < -0.39 is 18.4 Å². The molecule has 86 valence electrons. The number of nitrogens with zero attached hydrogens (tertiary/aromatic N) is 2. The second kappa shape index (κ2) is 4.13. The minimum absolute atomic E-state index is 0.568. The first-order chi connectivity index (χ1) is 6.21. The lowest BCUT2D eigenvalue weighted by atomic mass is 10.8.